The number of thiophene rings is 1. The first kappa shape index (κ1) is 17.2. The molecule has 25 heavy (non-hydrogen) atoms. The molecule has 0 aliphatic carbocycles. The number of fused-ring (bicyclic) bond motifs is 1. The molecule has 128 valence electrons. The third-order valence-electron chi connectivity index (χ3n) is 4.01. The van der Waals surface area contributed by atoms with Gasteiger partial charge in [-0.15, -0.1) is 11.3 Å². The molecule has 0 bridgehead atoms. The van der Waals surface area contributed by atoms with Gasteiger partial charge in [-0.2, -0.15) is 0 Å². The van der Waals surface area contributed by atoms with Crippen LogP contribution in [0.1, 0.15) is 41.5 Å². The number of anilines is 1. The zero-order valence-electron chi connectivity index (χ0n) is 14.2. The Bertz CT molecular complexity index is 866. The maximum absolute atomic E-state index is 12.5. The van der Waals surface area contributed by atoms with Crippen molar-refractivity contribution in [2.75, 3.05) is 5.32 Å². The highest BCUT2D eigenvalue weighted by molar-refractivity contribution is 7.20. The Morgan fingerprint density at radius 3 is 2.48 bits per heavy atom. The Morgan fingerprint density at radius 1 is 1.08 bits per heavy atom. The lowest BCUT2D eigenvalue weighted by Gasteiger charge is -2.14. The van der Waals surface area contributed by atoms with E-state index in [9.17, 15) is 9.59 Å². The second-order valence-electron chi connectivity index (χ2n) is 5.87. The molecule has 2 aromatic carbocycles. The lowest BCUT2D eigenvalue weighted by Crippen LogP contribution is -2.25. The van der Waals surface area contributed by atoms with Crippen LogP contribution in [0.15, 0.2) is 54.6 Å². The third-order valence-corrected chi connectivity index (χ3v) is 5.13. The summed E-state index contributed by atoms with van der Waals surface area (Å²) in [5.74, 6) is -0.0871. The Balaban J connectivity index is 1.67. The van der Waals surface area contributed by atoms with E-state index in [4.69, 9.17) is 0 Å². The van der Waals surface area contributed by atoms with E-state index in [1.165, 1.54) is 11.3 Å². The standard InChI is InChI=1S/C20H20N2O2S/c1-3-19(23)22-16-10-8-14(9-11-16)13(2)21-20(24)18-12-15-6-4-5-7-17(15)25-18/h4-13H,3H2,1-2H3,(H,21,24)(H,22,23). The van der Waals surface area contributed by atoms with Crippen LogP contribution in [-0.2, 0) is 4.79 Å². The SMILES string of the molecule is CCC(=O)Nc1ccc(C(C)NC(=O)c2cc3ccccc3s2)cc1. The Kier molecular flexibility index (Phi) is 5.14. The molecule has 0 aliphatic rings. The lowest BCUT2D eigenvalue weighted by molar-refractivity contribution is -0.115. The molecule has 1 unspecified atom stereocenters. The summed E-state index contributed by atoms with van der Waals surface area (Å²) in [4.78, 5) is 24.6. The van der Waals surface area contributed by atoms with E-state index in [0.717, 1.165) is 21.3 Å². The second-order valence-corrected chi connectivity index (χ2v) is 6.95. The van der Waals surface area contributed by atoms with E-state index in [1.54, 1.807) is 0 Å². The number of hydrogen-bond acceptors (Lipinski definition) is 3. The molecule has 1 heterocycles. The quantitative estimate of drug-likeness (QED) is 0.697. The van der Waals surface area contributed by atoms with Crippen molar-refractivity contribution in [1.29, 1.82) is 0 Å². The van der Waals surface area contributed by atoms with Crippen LogP contribution in [0.25, 0.3) is 10.1 Å². The second kappa shape index (κ2) is 7.49. The molecule has 0 saturated carbocycles. The fourth-order valence-electron chi connectivity index (χ4n) is 2.55. The van der Waals surface area contributed by atoms with Gasteiger partial charge in [0.25, 0.3) is 5.91 Å². The predicted molar refractivity (Wildman–Crippen MR) is 103 cm³/mol. The Morgan fingerprint density at radius 2 is 1.80 bits per heavy atom. The van der Waals surface area contributed by atoms with E-state index < -0.39 is 0 Å². The maximum atomic E-state index is 12.5. The van der Waals surface area contributed by atoms with Crippen molar-refractivity contribution >= 4 is 38.9 Å². The highest BCUT2D eigenvalue weighted by Gasteiger charge is 2.14. The van der Waals surface area contributed by atoms with Gasteiger partial charge < -0.3 is 10.6 Å². The minimum atomic E-state index is -0.117. The van der Waals surface area contributed by atoms with Crippen molar-refractivity contribution < 1.29 is 9.59 Å². The summed E-state index contributed by atoms with van der Waals surface area (Å²) >= 11 is 1.49. The number of carbonyl (C=O) groups is 2. The smallest absolute Gasteiger partial charge is 0.261 e. The first-order valence-electron chi connectivity index (χ1n) is 8.26. The topological polar surface area (TPSA) is 58.2 Å². The van der Waals surface area contributed by atoms with Crippen LogP contribution in [-0.4, -0.2) is 11.8 Å². The minimum absolute atomic E-state index is 0.0149. The van der Waals surface area contributed by atoms with Gasteiger partial charge in [-0.05, 0) is 42.1 Å². The van der Waals surface area contributed by atoms with Gasteiger partial charge in [0.05, 0.1) is 10.9 Å². The molecule has 3 rings (SSSR count). The largest absolute Gasteiger partial charge is 0.345 e. The highest BCUT2D eigenvalue weighted by Crippen LogP contribution is 2.26. The van der Waals surface area contributed by atoms with Crippen molar-refractivity contribution in [3.05, 3.63) is 65.0 Å². The minimum Gasteiger partial charge on any atom is -0.345 e. The van der Waals surface area contributed by atoms with E-state index >= 15 is 0 Å². The number of hydrogen-bond donors (Lipinski definition) is 2. The summed E-state index contributed by atoms with van der Waals surface area (Å²) in [6.45, 7) is 3.76. The normalized spacial score (nSPS) is 11.9. The van der Waals surface area contributed by atoms with E-state index in [1.807, 2.05) is 68.4 Å². The van der Waals surface area contributed by atoms with Crippen molar-refractivity contribution in [2.24, 2.45) is 0 Å². The number of benzene rings is 2. The molecule has 1 aromatic heterocycles. The molecular formula is C20H20N2O2S. The number of carbonyl (C=O) groups excluding carboxylic acids is 2. The third kappa shape index (κ3) is 4.06. The molecule has 0 aliphatic heterocycles. The monoisotopic (exact) mass is 352 g/mol. The summed E-state index contributed by atoms with van der Waals surface area (Å²) in [6.07, 6.45) is 0.448. The molecule has 4 nitrogen and oxygen atoms in total. The average molecular weight is 352 g/mol. The molecule has 5 heteroatoms. The molecule has 0 fully saturated rings. The summed E-state index contributed by atoms with van der Waals surface area (Å²) in [6, 6.07) is 17.3. The van der Waals surface area contributed by atoms with Crippen molar-refractivity contribution in [1.82, 2.24) is 5.32 Å². The zero-order valence-corrected chi connectivity index (χ0v) is 15.0. The van der Waals surface area contributed by atoms with E-state index in [0.29, 0.717) is 11.3 Å². The number of amides is 2. The van der Waals surface area contributed by atoms with Crippen LogP contribution in [0.5, 0.6) is 0 Å². The van der Waals surface area contributed by atoms with Gasteiger partial charge in [0.15, 0.2) is 0 Å². The van der Waals surface area contributed by atoms with Gasteiger partial charge >= 0.3 is 0 Å². The fourth-order valence-corrected chi connectivity index (χ4v) is 3.52. The highest BCUT2D eigenvalue weighted by atomic mass is 32.1. The van der Waals surface area contributed by atoms with Gasteiger partial charge in [0.1, 0.15) is 0 Å². The van der Waals surface area contributed by atoms with Gasteiger partial charge in [-0.1, -0.05) is 37.3 Å². The van der Waals surface area contributed by atoms with Crippen LogP contribution >= 0.6 is 11.3 Å². The van der Waals surface area contributed by atoms with Crippen LogP contribution in [0.2, 0.25) is 0 Å². The average Bonchev–Trinajstić information content (AvgIpc) is 3.06. The van der Waals surface area contributed by atoms with E-state index in [2.05, 4.69) is 10.6 Å². The van der Waals surface area contributed by atoms with Crippen LogP contribution in [0, 0.1) is 0 Å². The van der Waals surface area contributed by atoms with Gasteiger partial charge in [-0.25, -0.2) is 0 Å². The lowest BCUT2D eigenvalue weighted by atomic mass is 10.1. The van der Waals surface area contributed by atoms with Crippen molar-refractivity contribution in [3.63, 3.8) is 0 Å². The van der Waals surface area contributed by atoms with Crippen LogP contribution in [0.3, 0.4) is 0 Å². The molecule has 3 aromatic rings. The first-order chi connectivity index (χ1) is 12.1. The Labute approximate surface area is 150 Å². The molecular weight excluding hydrogens is 332 g/mol. The van der Waals surface area contributed by atoms with Crippen LogP contribution < -0.4 is 10.6 Å². The molecule has 0 saturated heterocycles. The molecule has 1 atom stereocenters. The van der Waals surface area contributed by atoms with Gasteiger partial charge in [0, 0.05) is 16.8 Å². The van der Waals surface area contributed by atoms with Gasteiger partial charge in [0.2, 0.25) is 5.91 Å². The van der Waals surface area contributed by atoms with E-state index in [-0.39, 0.29) is 17.9 Å². The maximum Gasteiger partial charge on any atom is 0.261 e. The first-order valence-corrected chi connectivity index (χ1v) is 9.07. The number of nitrogens with one attached hydrogen (secondary N) is 2. The summed E-state index contributed by atoms with van der Waals surface area (Å²) in [5.41, 5.74) is 1.75. The summed E-state index contributed by atoms with van der Waals surface area (Å²) in [7, 11) is 0. The Hall–Kier alpha value is -2.66. The summed E-state index contributed by atoms with van der Waals surface area (Å²) in [5, 5.41) is 6.93. The predicted octanol–water partition coefficient (Wildman–Crippen LogP) is 4.74. The fraction of sp³-hybridized carbons (Fsp3) is 0.200. The van der Waals surface area contributed by atoms with Crippen molar-refractivity contribution in [3.8, 4) is 0 Å². The molecule has 0 spiro atoms. The number of rotatable bonds is 5. The molecule has 2 N–H and O–H groups in total. The van der Waals surface area contributed by atoms with Gasteiger partial charge in [-0.3, -0.25) is 9.59 Å². The molecule has 0 radical (unpaired) electrons. The molecule has 2 amide bonds. The summed E-state index contributed by atoms with van der Waals surface area (Å²) < 4.78 is 1.11. The van der Waals surface area contributed by atoms with Crippen LogP contribution in [0.4, 0.5) is 5.69 Å². The van der Waals surface area contributed by atoms with Crippen molar-refractivity contribution in [2.45, 2.75) is 26.3 Å². The zero-order chi connectivity index (χ0) is 17.8.